The van der Waals surface area contributed by atoms with Crippen LogP contribution >= 0.6 is 11.8 Å². The molecule has 1 aromatic carbocycles. The zero-order valence-corrected chi connectivity index (χ0v) is 13.3. The van der Waals surface area contributed by atoms with Crippen molar-refractivity contribution in [1.82, 2.24) is 9.55 Å². The molecule has 2 aromatic rings. The highest BCUT2D eigenvalue weighted by Crippen LogP contribution is 2.34. The van der Waals surface area contributed by atoms with Crippen LogP contribution in [-0.2, 0) is 13.2 Å². The van der Waals surface area contributed by atoms with Crippen molar-refractivity contribution in [3.63, 3.8) is 0 Å². The van der Waals surface area contributed by atoms with Crippen LogP contribution < -0.4 is 0 Å². The van der Waals surface area contributed by atoms with Gasteiger partial charge in [0.05, 0.1) is 12.3 Å². The summed E-state index contributed by atoms with van der Waals surface area (Å²) in [7, 11) is 0. The minimum absolute atomic E-state index is 0.0130. The van der Waals surface area contributed by atoms with Crippen molar-refractivity contribution >= 4 is 11.8 Å². The van der Waals surface area contributed by atoms with Gasteiger partial charge in [0.2, 0.25) is 0 Å². The largest absolute Gasteiger partial charge is 0.390 e. The molecule has 21 heavy (non-hydrogen) atoms. The Morgan fingerprint density at radius 2 is 1.95 bits per heavy atom. The van der Waals surface area contributed by atoms with E-state index < -0.39 is 0 Å². The Morgan fingerprint density at radius 1 is 1.24 bits per heavy atom. The number of aromatic nitrogens is 2. The topological polar surface area (TPSA) is 38.0 Å². The molecule has 0 atom stereocenters. The summed E-state index contributed by atoms with van der Waals surface area (Å²) in [6.45, 7) is 2.94. The van der Waals surface area contributed by atoms with E-state index in [1.807, 2.05) is 18.0 Å². The molecule has 1 aromatic heterocycles. The molecule has 1 heterocycles. The maximum absolute atomic E-state index is 9.35. The van der Waals surface area contributed by atoms with Crippen molar-refractivity contribution in [2.45, 2.75) is 56.2 Å². The predicted molar refractivity (Wildman–Crippen MR) is 86.5 cm³/mol. The van der Waals surface area contributed by atoms with Crippen LogP contribution in [0.4, 0.5) is 0 Å². The Morgan fingerprint density at radius 3 is 2.62 bits per heavy atom. The third kappa shape index (κ3) is 3.69. The molecule has 1 N–H and O–H groups in total. The van der Waals surface area contributed by atoms with Crippen LogP contribution in [0.1, 0.15) is 42.5 Å². The smallest absolute Gasteiger partial charge is 0.168 e. The highest BCUT2D eigenvalue weighted by molar-refractivity contribution is 7.99. The number of imidazole rings is 1. The number of aryl methyl sites for hydroxylation is 1. The molecule has 1 saturated carbocycles. The van der Waals surface area contributed by atoms with Crippen LogP contribution in [0.3, 0.4) is 0 Å². The molecule has 3 rings (SSSR count). The van der Waals surface area contributed by atoms with Gasteiger partial charge in [0, 0.05) is 18.0 Å². The first-order valence-corrected chi connectivity index (χ1v) is 8.51. The minimum Gasteiger partial charge on any atom is -0.390 e. The molecule has 1 aliphatic carbocycles. The molecule has 0 amide bonds. The van der Waals surface area contributed by atoms with Crippen molar-refractivity contribution in [2.24, 2.45) is 0 Å². The first-order valence-electron chi connectivity index (χ1n) is 7.63. The van der Waals surface area contributed by atoms with Crippen molar-refractivity contribution in [2.75, 3.05) is 0 Å². The maximum atomic E-state index is 9.35. The summed E-state index contributed by atoms with van der Waals surface area (Å²) in [4.78, 5) is 4.58. The van der Waals surface area contributed by atoms with Crippen LogP contribution in [0, 0.1) is 6.92 Å². The van der Waals surface area contributed by atoms with E-state index in [1.165, 1.54) is 36.8 Å². The summed E-state index contributed by atoms with van der Waals surface area (Å²) < 4.78 is 2.18. The van der Waals surface area contributed by atoms with E-state index in [4.69, 9.17) is 0 Å². The van der Waals surface area contributed by atoms with Crippen LogP contribution in [0.2, 0.25) is 0 Å². The zero-order valence-electron chi connectivity index (χ0n) is 12.5. The third-order valence-electron chi connectivity index (χ3n) is 4.00. The fourth-order valence-electron chi connectivity index (χ4n) is 2.78. The van der Waals surface area contributed by atoms with E-state index in [0.717, 1.165) is 17.4 Å². The second-order valence-electron chi connectivity index (χ2n) is 5.81. The van der Waals surface area contributed by atoms with Crippen LogP contribution in [0.5, 0.6) is 0 Å². The summed E-state index contributed by atoms with van der Waals surface area (Å²) >= 11 is 1.88. The van der Waals surface area contributed by atoms with Gasteiger partial charge in [-0.25, -0.2) is 4.98 Å². The number of thioether (sulfide) groups is 1. The molecular weight excluding hydrogens is 280 g/mol. The second kappa shape index (κ2) is 6.67. The number of hydrogen-bond acceptors (Lipinski definition) is 3. The number of aliphatic hydroxyl groups is 1. The van der Waals surface area contributed by atoms with Gasteiger partial charge < -0.3 is 9.67 Å². The van der Waals surface area contributed by atoms with Gasteiger partial charge in [0.25, 0.3) is 0 Å². The Hall–Kier alpha value is -1.26. The number of rotatable bonds is 5. The van der Waals surface area contributed by atoms with Gasteiger partial charge in [-0.2, -0.15) is 0 Å². The fraction of sp³-hybridized carbons (Fsp3) is 0.471. The molecule has 0 aliphatic heterocycles. The highest BCUT2D eigenvalue weighted by atomic mass is 32.2. The van der Waals surface area contributed by atoms with Crippen LogP contribution in [0.25, 0.3) is 0 Å². The third-order valence-corrected chi connectivity index (χ3v) is 5.34. The van der Waals surface area contributed by atoms with E-state index in [9.17, 15) is 5.11 Å². The summed E-state index contributed by atoms with van der Waals surface area (Å²) in [5.74, 6) is 0. The lowest BCUT2D eigenvalue weighted by molar-refractivity contribution is 0.277. The zero-order chi connectivity index (χ0) is 14.7. The molecule has 0 spiro atoms. The monoisotopic (exact) mass is 302 g/mol. The number of aliphatic hydroxyl groups excluding tert-OH is 1. The molecule has 1 aliphatic rings. The summed E-state index contributed by atoms with van der Waals surface area (Å²) in [6, 6.07) is 8.61. The van der Waals surface area contributed by atoms with Gasteiger partial charge in [-0.1, -0.05) is 54.4 Å². The molecule has 112 valence electrons. The molecule has 3 nitrogen and oxygen atoms in total. The van der Waals surface area contributed by atoms with Gasteiger partial charge in [-0.05, 0) is 25.3 Å². The average molecular weight is 302 g/mol. The average Bonchev–Trinajstić information content (AvgIpc) is 3.12. The Labute approximate surface area is 130 Å². The molecule has 4 heteroatoms. The summed E-state index contributed by atoms with van der Waals surface area (Å²) in [6.07, 6.45) is 7.23. The Balaban J connectivity index is 1.78. The van der Waals surface area contributed by atoms with Gasteiger partial charge in [-0.15, -0.1) is 0 Å². The van der Waals surface area contributed by atoms with Crippen molar-refractivity contribution in [1.29, 1.82) is 0 Å². The first kappa shape index (κ1) is 14.7. The quantitative estimate of drug-likeness (QED) is 0.913. The molecular formula is C17H22N2OS. The second-order valence-corrected chi connectivity index (χ2v) is 7.08. The summed E-state index contributed by atoms with van der Waals surface area (Å²) in [5.41, 5.74) is 3.32. The van der Waals surface area contributed by atoms with Crippen molar-refractivity contribution in [3.05, 3.63) is 47.3 Å². The van der Waals surface area contributed by atoms with E-state index >= 15 is 0 Å². The standard InChI is InChI=1S/C17H22N2OS/c1-13-6-8-14(9-7-13)10-19-11-15(12-20)18-17(19)21-16-4-2-3-5-16/h6-9,11,16,20H,2-5,10,12H2,1H3. The molecule has 0 bridgehead atoms. The van der Waals surface area contributed by atoms with Gasteiger partial charge >= 0.3 is 0 Å². The van der Waals surface area contributed by atoms with E-state index in [1.54, 1.807) is 0 Å². The molecule has 0 radical (unpaired) electrons. The van der Waals surface area contributed by atoms with Gasteiger partial charge in [0.1, 0.15) is 0 Å². The Bertz CT molecular complexity index is 585. The number of nitrogens with zero attached hydrogens (tertiary/aromatic N) is 2. The first-order chi connectivity index (χ1) is 10.2. The van der Waals surface area contributed by atoms with Crippen LogP contribution in [0.15, 0.2) is 35.6 Å². The lowest BCUT2D eigenvalue weighted by Gasteiger charge is -2.11. The highest BCUT2D eigenvalue weighted by Gasteiger charge is 2.19. The number of benzene rings is 1. The van der Waals surface area contributed by atoms with Crippen molar-refractivity contribution in [3.8, 4) is 0 Å². The lowest BCUT2D eigenvalue weighted by atomic mass is 10.1. The molecule has 1 fully saturated rings. The van der Waals surface area contributed by atoms with Gasteiger partial charge in [-0.3, -0.25) is 0 Å². The van der Waals surface area contributed by atoms with E-state index in [2.05, 4.69) is 40.7 Å². The predicted octanol–water partition coefficient (Wildman–Crippen LogP) is 3.77. The van der Waals surface area contributed by atoms with Crippen LogP contribution in [-0.4, -0.2) is 19.9 Å². The fourth-order valence-corrected chi connectivity index (χ4v) is 4.07. The number of hydrogen-bond donors (Lipinski definition) is 1. The SMILES string of the molecule is Cc1ccc(Cn2cc(CO)nc2SC2CCCC2)cc1. The Kier molecular flexibility index (Phi) is 4.66. The molecule has 0 saturated heterocycles. The minimum atomic E-state index is 0.0130. The van der Waals surface area contributed by atoms with Gasteiger partial charge in [0.15, 0.2) is 5.16 Å². The van der Waals surface area contributed by atoms with E-state index in [-0.39, 0.29) is 6.61 Å². The van der Waals surface area contributed by atoms with Crippen molar-refractivity contribution < 1.29 is 5.11 Å². The molecule has 0 unspecified atom stereocenters. The maximum Gasteiger partial charge on any atom is 0.168 e. The lowest BCUT2D eigenvalue weighted by Crippen LogP contribution is -2.03. The summed E-state index contributed by atoms with van der Waals surface area (Å²) in [5, 5.41) is 11.1. The van der Waals surface area contributed by atoms with E-state index in [0.29, 0.717) is 5.25 Å². The normalized spacial score (nSPS) is 15.7.